The number of aromatic nitrogens is 3. The van der Waals surface area contributed by atoms with Crippen molar-refractivity contribution < 1.29 is 18.8 Å². The Labute approximate surface area is 365 Å². The fraction of sp³-hybridized carbons (Fsp3) is 0.216. The number of nitrogens with one attached hydrogen (secondary N) is 3. The van der Waals surface area contributed by atoms with Crippen LogP contribution in [-0.4, -0.2) is 36.4 Å². The molecule has 3 heterocycles. The van der Waals surface area contributed by atoms with E-state index in [1.165, 1.54) is 24.3 Å². The van der Waals surface area contributed by atoms with Gasteiger partial charge >= 0.3 is 7.12 Å². The van der Waals surface area contributed by atoms with Crippen LogP contribution in [0, 0.1) is 90.8 Å². The summed E-state index contributed by atoms with van der Waals surface area (Å²) < 4.78 is 26.5. The summed E-state index contributed by atoms with van der Waals surface area (Å²) in [5.74, 6) is -1.31. The van der Waals surface area contributed by atoms with Crippen LogP contribution < -0.4 is 5.46 Å². The number of nitriles is 1. The van der Waals surface area contributed by atoms with Crippen LogP contribution in [0.3, 0.4) is 0 Å². The Morgan fingerprint density at radius 1 is 0.714 bits per heavy atom. The van der Waals surface area contributed by atoms with Gasteiger partial charge in [0, 0.05) is 72.5 Å². The number of hydrogen-bond donors (Lipinski definition) is 5. The predicted octanol–water partition coefficient (Wildman–Crippen LogP) is 13.4. The van der Waals surface area contributed by atoms with Crippen molar-refractivity contribution in [2.75, 3.05) is 0 Å². The minimum Gasteiger partial charge on any atom is -0.423 e. The summed E-state index contributed by atoms with van der Waals surface area (Å²) in [5, 5.41) is 25.6. The first-order valence-corrected chi connectivity index (χ1v) is 20.8. The van der Waals surface area contributed by atoms with Crippen molar-refractivity contribution in [3.63, 3.8) is 0 Å². The lowest BCUT2D eigenvalue weighted by Gasteiger charge is -2.03. The molecule has 0 amide bonds. The predicted molar refractivity (Wildman–Crippen MR) is 236 cm³/mol. The number of rotatable bonds is 2. The van der Waals surface area contributed by atoms with Gasteiger partial charge in [-0.2, -0.15) is 5.26 Å². The molecule has 0 aliphatic carbocycles. The van der Waals surface area contributed by atoms with Crippen LogP contribution in [0.15, 0.2) is 46.9 Å². The Hall–Kier alpha value is -4.12. The first-order chi connectivity index (χ1) is 25.9. The van der Waals surface area contributed by atoms with Crippen molar-refractivity contribution in [3.8, 4) is 17.2 Å². The van der Waals surface area contributed by atoms with Gasteiger partial charge in [-0.15, -0.1) is 0 Å². The zero-order valence-electron chi connectivity index (χ0n) is 29.9. The SMILES string of the molecule is BrBr.C.ClC(Cl)Cl.N#Cc1ccc(B(O)O)cc1F.[C-]#[N+]c1c(C)[nH]c(C)c1Br.[C-]#[N+]c1cc(C)[nH]c1C.[C-]#[N+]c1ccc(-c2c(C)[nH]c(C)c2[N+]#[C-])cc1F. The molecule has 19 heteroatoms. The van der Waals surface area contributed by atoms with Crippen LogP contribution in [-0.2, 0) is 0 Å². The van der Waals surface area contributed by atoms with Crippen molar-refractivity contribution >= 4 is 114 Å². The molecule has 0 aliphatic heterocycles. The van der Waals surface area contributed by atoms with Gasteiger partial charge in [0.05, 0.1) is 31.9 Å². The molecular formula is C37H35BBr3Cl3F2N8O2. The van der Waals surface area contributed by atoms with Crippen LogP contribution in [0.2, 0.25) is 0 Å². The van der Waals surface area contributed by atoms with Gasteiger partial charge in [-0.1, -0.05) is 76.4 Å². The van der Waals surface area contributed by atoms with E-state index < -0.39 is 23.0 Å². The third-order valence-corrected chi connectivity index (χ3v) is 7.81. The summed E-state index contributed by atoms with van der Waals surface area (Å²) in [6.07, 6.45) is 0. The van der Waals surface area contributed by atoms with E-state index in [0.29, 0.717) is 22.5 Å². The lowest BCUT2D eigenvalue weighted by molar-refractivity contribution is 0.425. The van der Waals surface area contributed by atoms with E-state index >= 15 is 0 Å². The molecular weight excluding hydrogens is 983 g/mol. The highest BCUT2D eigenvalue weighted by atomic mass is 80.9. The molecule has 0 spiro atoms. The maximum absolute atomic E-state index is 13.6. The molecule has 10 nitrogen and oxygen atoms in total. The molecule has 294 valence electrons. The number of hydrogen-bond acceptors (Lipinski definition) is 3. The fourth-order valence-electron chi connectivity index (χ4n) is 4.49. The van der Waals surface area contributed by atoms with Crippen molar-refractivity contribution in [2.45, 2.75) is 53.3 Å². The molecule has 0 atom stereocenters. The number of aromatic amines is 3. The monoisotopic (exact) mass is 1010 g/mol. The third kappa shape index (κ3) is 16.9. The number of nitrogens with zero attached hydrogens (tertiary/aromatic N) is 5. The number of benzene rings is 2. The lowest BCUT2D eigenvalue weighted by Crippen LogP contribution is -2.30. The van der Waals surface area contributed by atoms with Gasteiger partial charge < -0.3 is 25.0 Å². The van der Waals surface area contributed by atoms with Crippen molar-refractivity contribution in [1.82, 2.24) is 15.0 Å². The molecule has 2 aromatic carbocycles. The standard InChI is InChI=1S/C14H10FN3.C7H5BFNO2.C7H7BrN2.C7H8N2.CHCl3.CH4.Br2/c1-8-13(14(17-4)9(2)18-8)10-5-6-12(16-3)11(15)7-10;9-7-3-6(8(11)12)2-1-5(7)4-10;1-4-6(8)7(9-3)5(2)10-4;1-5-4-7(8-3)6(2)9-5;2-1(3)4;;1-2/h5-7,18H,1-2H3;1-3,11-12H;10H,1-2H3;4,9H,1-2H3;1H;1H4;. The van der Waals surface area contributed by atoms with E-state index in [9.17, 15) is 8.78 Å². The van der Waals surface area contributed by atoms with Gasteiger partial charge in [-0.05, 0) is 76.8 Å². The summed E-state index contributed by atoms with van der Waals surface area (Å²) in [4.78, 5) is 22.4. The minimum atomic E-state index is -1.70. The summed E-state index contributed by atoms with van der Waals surface area (Å²) in [5.41, 5.74) is 8.72. The minimum absolute atomic E-state index is 0. The third-order valence-electron chi connectivity index (χ3n) is 6.84. The molecule has 5 rings (SSSR count). The Balaban J connectivity index is 0. The quantitative estimate of drug-likeness (QED) is 0.0686. The highest BCUT2D eigenvalue weighted by Crippen LogP contribution is 2.38. The second-order valence-corrected chi connectivity index (χ2v) is 13.5. The molecule has 0 aliphatic rings. The van der Waals surface area contributed by atoms with E-state index in [1.807, 2.05) is 47.6 Å². The second kappa shape index (κ2) is 27.5. The lowest BCUT2D eigenvalue weighted by atomic mass is 9.80. The van der Waals surface area contributed by atoms with Gasteiger partial charge in [-0.3, -0.25) is 0 Å². The zero-order chi connectivity index (χ0) is 42.6. The van der Waals surface area contributed by atoms with E-state index in [-0.39, 0.29) is 24.1 Å². The molecule has 0 saturated heterocycles. The fourth-order valence-corrected chi connectivity index (χ4v) is 4.98. The summed E-state index contributed by atoms with van der Waals surface area (Å²) in [7, 11) is -1.70. The normalized spacial score (nSPS) is 9.00. The number of alkyl halides is 3. The molecule has 0 fully saturated rings. The number of H-pyrrole nitrogens is 3. The Morgan fingerprint density at radius 2 is 1.23 bits per heavy atom. The molecule has 56 heavy (non-hydrogen) atoms. The van der Waals surface area contributed by atoms with Crippen LogP contribution in [0.25, 0.3) is 30.5 Å². The Morgan fingerprint density at radius 3 is 1.57 bits per heavy atom. The average molecular weight is 1020 g/mol. The van der Waals surface area contributed by atoms with Crippen LogP contribution in [0.4, 0.5) is 31.5 Å². The highest BCUT2D eigenvalue weighted by molar-refractivity contribution is 9.93. The number of aryl methyl sites for hydroxylation is 6. The molecule has 5 aromatic rings. The van der Waals surface area contributed by atoms with E-state index in [2.05, 4.69) is 78.5 Å². The molecule has 0 saturated carbocycles. The maximum atomic E-state index is 13.6. The smallest absolute Gasteiger partial charge is 0.423 e. The molecule has 3 aromatic heterocycles. The van der Waals surface area contributed by atoms with Crippen molar-refractivity contribution in [1.29, 1.82) is 5.26 Å². The largest absolute Gasteiger partial charge is 0.488 e. The van der Waals surface area contributed by atoms with Gasteiger partial charge in [0.1, 0.15) is 17.7 Å². The summed E-state index contributed by atoms with van der Waals surface area (Å²) in [6, 6.07) is 11.3. The van der Waals surface area contributed by atoms with Crippen LogP contribution in [0.1, 0.15) is 47.2 Å². The first kappa shape index (κ1) is 54.0. The first-order valence-electron chi connectivity index (χ1n) is 15.0. The van der Waals surface area contributed by atoms with Gasteiger partial charge in [0.15, 0.2) is 4.30 Å². The topological polar surface area (TPSA) is 129 Å². The van der Waals surface area contributed by atoms with Gasteiger partial charge in [0.25, 0.3) is 0 Å². The number of halogens is 8. The molecule has 0 unspecified atom stereocenters. The van der Waals surface area contributed by atoms with Crippen molar-refractivity contribution in [2.24, 2.45) is 0 Å². The van der Waals surface area contributed by atoms with E-state index in [1.54, 1.807) is 12.1 Å². The van der Waals surface area contributed by atoms with E-state index in [0.717, 1.165) is 50.4 Å². The summed E-state index contributed by atoms with van der Waals surface area (Å²) in [6.45, 7) is 38.9. The van der Waals surface area contributed by atoms with E-state index in [4.69, 9.17) is 76.4 Å². The molecule has 0 radical (unpaired) electrons. The second-order valence-electron chi connectivity index (χ2n) is 10.7. The van der Waals surface area contributed by atoms with Gasteiger partial charge in [0.2, 0.25) is 22.7 Å². The van der Waals surface area contributed by atoms with Crippen LogP contribution >= 0.6 is 79.0 Å². The average Bonchev–Trinajstić information content (AvgIpc) is 3.72. The maximum Gasteiger partial charge on any atom is 0.488 e. The van der Waals surface area contributed by atoms with Gasteiger partial charge in [-0.25, -0.2) is 28.2 Å². The highest BCUT2D eigenvalue weighted by Gasteiger charge is 2.16. The zero-order valence-corrected chi connectivity index (χ0v) is 36.9. The Kier molecular flexibility index (Phi) is 26.5. The molecule has 5 N–H and O–H groups in total. The van der Waals surface area contributed by atoms with Crippen LogP contribution in [0.5, 0.6) is 0 Å². The van der Waals surface area contributed by atoms with Crippen molar-refractivity contribution in [3.05, 3.63) is 144 Å². The summed E-state index contributed by atoms with van der Waals surface area (Å²) >= 11 is 23.2. The Bertz CT molecular complexity index is 2260. The molecule has 0 bridgehead atoms.